The van der Waals surface area contributed by atoms with Gasteiger partial charge in [0.2, 0.25) is 0 Å². The molecule has 2 heterocycles. The Morgan fingerprint density at radius 3 is 2.79 bits per heavy atom. The molecule has 0 saturated carbocycles. The monoisotopic (exact) mass is 328 g/mol. The van der Waals surface area contributed by atoms with Crippen molar-refractivity contribution in [3.63, 3.8) is 0 Å². The molecular formula is C19H21FN2O2. The van der Waals surface area contributed by atoms with Crippen molar-refractivity contribution in [2.75, 3.05) is 19.7 Å². The van der Waals surface area contributed by atoms with Crippen molar-refractivity contribution in [2.24, 2.45) is 5.92 Å². The fraction of sp³-hybridized carbons (Fsp3) is 0.368. The number of nitrogens with zero attached hydrogens (tertiary/aromatic N) is 2. The number of likely N-dealkylation sites (tertiary alicyclic amines) is 1. The molecule has 1 amide bonds. The summed E-state index contributed by atoms with van der Waals surface area (Å²) < 4.78 is 18.6. The largest absolute Gasteiger partial charge is 0.493 e. The Bertz CT molecular complexity index is 686. The molecule has 0 bridgehead atoms. The van der Waals surface area contributed by atoms with E-state index in [0.29, 0.717) is 24.5 Å². The lowest BCUT2D eigenvalue weighted by molar-refractivity contribution is 0.0633. The van der Waals surface area contributed by atoms with Gasteiger partial charge in [0.1, 0.15) is 11.6 Å². The maximum absolute atomic E-state index is 12.9. The minimum atomic E-state index is -0.275. The second kappa shape index (κ2) is 7.43. The van der Waals surface area contributed by atoms with Gasteiger partial charge in [-0.25, -0.2) is 4.39 Å². The van der Waals surface area contributed by atoms with E-state index in [0.717, 1.165) is 25.1 Å². The van der Waals surface area contributed by atoms with E-state index in [1.807, 2.05) is 24.0 Å². The molecule has 1 aliphatic rings. The van der Waals surface area contributed by atoms with Gasteiger partial charge in [0.05, 0.1) is 12.2 Å². The summed E-state index contributed by atoms with van der Waals surface area (Å²) in [6.45, 7) is 3.87. The lowest BCUT2D eigenvalue weighted by Gasteiger charge is -2.32. The number of piperidine rings is 1. The summed E-state index contributed by atoms with van der Waals surface area (Å²) in [6.07, 6.45) is 3.62. The quantitative estimate of drug-likeness (QED) is 0.863. The number of benzene rings is 1. The summed E-state index contributed by atoms with van der Waals surface area (Å²) in [5.74, 6) is 0.686. The number of carbonyl (C=O) groups is 1. The number of rotatable bonds is 4. The molecule has 24 heavy (non-hydrogen) atoms. The van der Waals surface area contributed by atoms with E-state index in [1.165, 1.54) is 12.1 Å². The Balaban J connectivity index is 1.56. The molecule has 3 rings (SSSR count). The third-order valence-corrected chi connectivity index (χ3v) is 4.26. The molecule has 1 atom stereocenters. The summed E-state index contributed by atoms with van der Waals surface area (Å²) in [5.41, 5.74) is 1.52. The Kier molecular flexibility index (Phi) is 5.08. The second-order valence-corrected chi connectivity index (χ2v) is 6.21. The van der Waals surface area contributed by atoms with E-state index >= 15 is 0 Å². The number of ether oxygens (including phenoxy) is 1. The van der Waals surface area contributed by atoms with Crippen LogP contribution in [-0.4, -0.2) is 35.5 Å². The van der Waals surface area contributed by atoms with Crippen LogP contribution in [-0.2, 0) is 0 Å². The second-order valence-electron chi connectivity index (χ2n) is 6.21. The Morgan fingerprint density at radius 2 is 2.08 bits per heavy atom. The normalized spacial score (nSPS) is 17.6. The fourth-order valence-corrected chi connectivity index (χ4v) is 2.91. The van der Waals surface area contributed by atoms with Crippen molar-refractivity contribution in [2.45, 2.75) is 19.8 Å². The Morgan fingerprint density at radius 1 is 1.29 bits per heavy atom. The first-order chi connectivity index (χ1) is 11.6. The first-order valence-electron chi connectivity index (χ1n) is 8.22. The van der Waals surface area contributed by atoms with Crippen LogP contribution in [0.1, 0.15) is 28.9 Å². The number of amides is 1. The molecular weight excluding hydrogens is 307 g/mol. The van der Waals surface area contributed by atoms with Crippen molar-refractivity contribution in [3.05, 3.63) is 59.7 Å². The SMILES string of the molecule is Cc1ccc(C(=O)N2CCC[C@@H](COc3ccc(F)cc3)C2)cn1. The molecule has 1 aromatic heterocycles. The van der Waals surface area contributed by atoms with E-state index in [9.17, 15) is 9.18 Å². The van der Waals surface area contributed by atoms with Gasteiger partial charge in [-0.05, 0) is 56.2 Å². The van der Waals surface area contributed by atoms with E-state index in [2.05, 4.69) is 4.98 Å². The predicted molar refractivity (Wildman–Crippen MR) is 89.5 cm³/mol. The van der Waals surface area contributed by atoms with Gasteiger partial charge in [-0.15, -0.1) is 0 Å². The van der Waals surface area contributed by atoms with E-state index in [1.54, 1.807) is 18.3 Å². The molecule has 4 nitrogen and oxygen atoms in total. The topological polar surface area (TPSA) is 42.4 Å². The molecule has 0 radical (unpaired) electrons. The van der Waals surface area contributed by atoms with Crippen LogP contribution < -0.4 is 4.74 Å². The maximum Gasteiger partial charge on any atom is 0.255 e. The summed E-state index contributed by atoms with van der Waals surface area (Å²) >= 11 is 0. The lowest BCUT2D eigenvalue weighted by Crippen LogP contribution is -2.41. The van der Waals surface area contributed by atoms with Crippen molar-refractivity contribution in [1.29, 1.82) is 0 Å². The average molecular weight is 328 g/mol. The third-order valence-electron chi connectivity index (χ3n) is 4.26. The van der Waals surface area contributed by atoms with Gasteiger partial charge in [-0.2, -0.15) is 0 Å². The lowest BCUT2D eigenvalue weighted by atomic mass is 9.98. The van der Waals surface area contributed by atoms with Crippen LogP contribution >= 0.6 is 0 Å². The van der Waals surface area contributed by atoms with Crippen LogP contribution in [0.25, 0.3) is 0 Å². The van der Waals surface area contributed by atoms with Crippen LogP contribution in [0.2, 0.25) is 0 Å². The van der Waals surface area contributed by atoms with E-state index in [4.69, 9.17) is 4.74 Å². The molecule has 1 aliphatic heterocycles. The van der Waals surface area contributed by atoms with Crippen LogP contribution in [0.3, 0.4) is 0 Å². The maximum atomic E-state index is 12.9. The van der Waals surface area contributed by atoms with Gasteiger partial charge in [0, 0.05) is 30.9 Å². The minimum absolute atomic E-state index is 0.0222. The predicted octanol–water partition coefficient (Wildman–Crippen LogP) is 3.46. The summed E-state index contributed by atoms with van der Waals surface area (Å²) in [5, 5.41) is 0. The van der Waals surface area contributed by atoms with Gasteiger partial charge >= 0.3 is 0 Å². The van der Waals surface area contributed by atoms with Crippen molar-refractivity contribution >= 4 is 5.91 Å². The molecule has 126 valence electrons. The summed E-state index contributed by atoms with van der Waals surface area (Å²) in [7, 11) is 0. The Labute approximate surface area is 141 Å². The van der Waals surface area contributed by atoms with Gasteiger partial charge in [-0.1, -0.05) is 0 Å². The Hall–Kier alpha value is -2.43. The zero-order valence-electron chi connectivity index (χ0n) is 13.7. The van der Waals surface area contributed by atoms with Crippen molar-refractivity contribution in [1.82, 2.24) is 9.88 Å². The van der Waals surface area contributed by atoms with Crippen LogP contribution in [0.4, 0.5) is 4.39 Å². The van der Waals surface area contributed by atoms with Gasteiger partial charge in [0.25, 0.3) is 5.91 Å². The molecule has 2 aromatic rings. The van der Waals surface area contributed by atoms with Crippen LogP contribution in [0.5, 0.6) is 5.75 Å². The zero-order valence-corrected chi connectivity index (χ0v) is 13.7. The zero-order chi connectivity index (χ0) is 16.9. The van der Waals surface area contributed by atoms with Gasteiger partial charge < -0.3 is 9.64 Å². The summed E-state index contributed by atoms with van der Waals surface area (Å²) in [4.78, 5) is 18.6. The van der Waals surface area contributed by atoms with Gasteiger partial charge in [0.15, 0.2) is 0 Å². The molecule has 0 unspecified atom stereocenters. The first-order valence-corrected chi connectivity index (χ1v) is 8.22. The van der Waals surface area contributed by atoms with Crippen LogP contribution in [0, 0.1) is 18.7 Å². The highest BCUT2D eigenvalue weighted by Crippen LogP contribution is 2.20. The highest BCUT2D eigenvalue weighted by molar-refractivity contribution is 5.94. The average Bonchev–Trinajstić information content (AvgIpc) is 2.61. The number of halogens is 1. The molecule has 1 saturated heterocycles. The highest BCUT2D eigenvalue weighted by Gasteiger charge is 2.25. The molecule has 0 spiro atoms. The number of hydrogen-bond acceptors (Lipinski definition) is 3. The van der Waals surface area contributed by atoms with E-state index in [-0.39, 0.29) is 17.6 Å². The number of pyridine rings is 1. The minimum Gasteiger partial charge on any atom is -0.493 e. The number of hydrogen-bond donors (Lipinski definition) is 0. The number of aryl methyl sites for hydroxylation is 1. The number of aromatic nitrogens is 1. The molecule has 5 heteroatoms. The van der Waals surface area contributed by atoms with Crippen molar-refractivity contribution < 1.29 is 13.9 Å². The molecule has 1 aromatic carbocycles. The standard InChI is InChI=1S/C19H21FN2O2/c1-14-4-5-16(11-21-14)19(23)22-10-2-3-15(12-22)13-24-18-8-6-17(20)7-9-18/h4-9,11,15H,2-3,10,12-13H2,1H3/t15-/m1/s1. The summed E-state index contributed by atoms with van der Waals surface area (Å²) in [6, 6.07) is 9.69. The smallest absolute Gasteiger partial charge is 0.255 e. The molecule has 0 aliphatic carbocycles. The molecule has 1 fully saturated rings. The third kappa shape index (κ3) is 4.10. The fourth-order valence-electron chi connectivity index (χ4n) is 2.91. The highest BCUT2D eigenvalue weighted by atomic mass is 19.1. The number of carbonyl (C=O) groups excluding carboxylic acids is 1. The van der Waals surface area contributed by atoms with E-state index < -0.39 is 0 Å². The first kappa shape index (κ1) is 16.4. The van der Waals surface area contributed by atoms with Crippen LogP contribution in [0.15, 0.2) is 42.6 Å². The van der Waals surface area contributed by atoms with Crippen molar-refractivity contribution in [3.8, 4) is 5.75 Å². The molecule has 0 N–H and O–H groups in total. The van der Waals surface area contributed by atoms with Gasteiger partial charge in [-0.3, -0.25) is 9.78 Å².